The number of unbranched alkanes of at least 4 members (excludes halogenated alkanes) is 1. The number of likely N-dealkylation sites (tertiary alicyclic amines) is 1. The highest BCUT2D eigenvalue weighted by Gasteiger charge is 2.39. The third kappa shape index (κ3) is 12.3. The van der Waals surface area contributed by atoms with E-state index in [4.69, 9.17) is 25.8 Å². The van der Waals surface area contributed by atoms with Gasteiger partial charge in [0.2, 0.25) is 0 Å². The third-order valence-corrected chi connectivity index (χ3v) is 11.0. The van der Waals surface area contributed by atoms with Crippen LogP contribution in [-0.2, 0) is 22.7 Å². The normalized spacial score (nSPS) is 19.9. The van der Waals surface area contributed by atoms with Crippen molar-refractivity contribution < 1.29 is 34.0 Å². The number of amides is 1. The molecule has 2 aromatic carbocycles. The molecule has 0 radical (unpaired) electrons. The fourth-order valence-electron chi connectivity index (χ4n) is 7.45. The molecule has 2 heterocycles. The fourth-order valence-corrected chi connectivity index (χ4v) is 7.69. The van der Waals surface area contributed by atoms with E-state index in [1.807, 2.05) is 0 Å². The summed E-state index contributed by atoms with van der Waals surface area (Å²) in [4.78, 5) is 31.0. The molecule has 1 aliphatic heterocycles. The second kappa shape index (κ2) is 20.2. The van der Waals surface area contributed by atoms with Crippen molar-refractivity contribution in [2.75, 3.05) is 32.8 Å². The number of pyridine rings is 1. The highest BCUT2D eigenvalue weighted by molar-refractivity contribution is 6.32. The number of aliphatic hydroxyl groups is 1. The van der Waals surface area contributed by atoms with Crippen molar-refractivity contribution >= 4 is 29.2 Å². The molecule has 3 aromatic rings. The highest BCUT2D eigenvalue weighted by Crippen LogP contribution is 2.47. The topological polar surface area (TPSA) is 166 Å². The van der Waals surface area contributed by atoms with E-state index in [-0.39, 0.29) is 37.1 Å². The number of allylic oxidation sites excluding steroid dienone is 3. The van der Waals surface area contributed by atoms with Gasteiger partial charge in [0, 0.05) is 61.2 Å². The number of carboxylic acids is 1. The lowest BCUT2D eigenvalue weighted by atomic mass is 9.66. The first kappa shape index (κ1) is 44.2. The van der Waals surface area contributed by atoms with Crippen molar-refractivity contribution in [1.82, 2.24) is 20.5 Å². The number of hydrogen-bond donors (Lipinski definition) is 4. The summed E-state index contributed by atoms with van der Waals surface area (Å²) < 4.78 is 18.3. The lowest BCUT2D eigenvalue weighted by Crippen LogP contribution is -2.46. The molecule has 4 N–H and O–H groups in total. The van der Waals surface area contributed by atoms with E-state index in [1.54, 1.807) is 45.2 Å². The maximum absolute atomic E-state index is 12.3. The summed E-state index contributed by atoms with van der Waals surface area (Å²) >= 11 is 6.96. The number of rotatable bonds is 18. The number of nitriles is 1. The molecule has 0 spiro atoms. The first-order valence-corrected chi connectivity index (χ1v) is 20.2. The summed E-state index contributed by atoms with van der Waals surface area (Å²) in [5, 5.41) is 35.3. The summed E-state index contributed by atoms with van der Waals surface area (Å²) in [7, 11) is 0. The van der Waals surface area contributed by atoms with Crippen molar-refractivity contribution in [1.29, 1.82) is 5.26 Å². The van der Waals surface area contributed by atoms with E-state index in [0.717, 1.165) is 45.3 Å². The van der Waals surface area contributed by atoms with Crippen molar-refractivity contribution in [2.24, 2.45) is 11.3 Å². The third-order valence-electron chi connectivity index (χ3n) is 10.7. The van der Waals surface area contributed by atoms with Crippen LogP contribution in [0.15, 0.2) is 73.1 Å². The minimum absolute atomic E-state index is 0.0289. The van der Waals surface area contributed by atoms with Crippen LogP contribution in [0.4, 0.5) is 4.79 Å². The predicted octanol–water partition coefficient (Wildman–Crippen LogP) is 7.45. The van der Waals surface area contributed by atoms with E-state index < -0.39 is 23.7 Å². The molecule has 310 valence electrons. The molecule has 12 nitrogen and oxygen atoms in total. The number of carbonyl (C=O) groups excluding carboxylic acids is 1. The molecule has 2 aliphatic rings. The molecule has 1 fully saturated rings. The molecule has 58 heavy (non-hydrogen) atoms. The molecule has 0 saturated carbocycles. The molecule has 13 heteroatoms. The molecule has 0 bridgehead atoms. The summed E-state index contributed by atoms with van der Waals surface area (Å²) in [6.45, 7) is 12.3. The Morgan fingerprint density at radius 1 is 1.14 bits per heavy atom. The molecule has 1 aromatic heterocycles. The van der Waals surface area contributed by atoms with Crippen LogP contribution in [0.3, 0.4) is 0 Å². The van der Waals surface area contributed by atoms with Crippen LogP contribution >= 0.6 is 11.6 Å². The van der Waals surface area contributed by atoms with Crippen molar-refractivity contribution in [2.45, 2.75) is 91.2 Å². The zero-order chi connectivity index (χ0) is 41.9. The van der Waals surface area contributed by atoms with Gasteiger partial charge in [-0.15, -0.1) is 0 Å². The van der Waals surface area contributed by atoms with Crippen LogP contribution in [0.25, 0.3) is 5.57 Å². The highest BCUT2D eigenvalue weighted by atomic mass is 35.5. The molecule has 1 amide bonds. The number of benzene rings is 2. The van der Waals surface area contributed by atoms with Crippen molar-refractivity contribution in [3.63, 3.8) is 0 Å². The van der Waals surface area contributed by atoms with Crippen LogP contribution < -0.4 is 20.1 Å². The molecule has 5 rings (SSSR count). The number of alkyl carbamates (subject to hydrolysis) is 1. The number of β-amino-alcohol motifs (C(OH)–C–C–N with tert-alkyl or cyclic N) is 1. The number of hydrogen-bond acceptors (Lipinski definition) is 10. The smallest absolute Gasteiger partial charge is 0.407 e. The van der Waals surface area contributed by atoms with E-state index in [9.17, 15) is 25.1 Å². The number of aliphatic carboxylic acids is 1. The Hall–Kier alpha value is -4.93. The number of carbonyl (C=O) groups is 2. The van der Waals surface area contributed by atoms with Crippen LogP contribution in [0.2, 0.25) is 5.02 Å². The second-order valence-corrected chi connectivity index (χ2v) is 16.7. The Morgan fingerprint density at radius 3 is 2.64 bits per heavy atom. The minimum atomic E-state index is -1.17. The van der Waals surface area contributed by atoms with Gasteiger partial charge in [-0.05, 0) is 88.3 Å². The number of aliphatic hydroxyl groups excluding tert-OH is 1. The molecule has 4 atom stereocenters. The molecule has 1 saturated heterocycles. The average molecular weight is 814 g/mol. The number of ether oxygens (including phenoxy) is 3. The van der Waals surface area contributed by atoms with Crippen LogP contribution in [0.5, 0.6) is 11.5 Å². The largest absolute Gasteiger partial charge is 0.491 e. The Bertz CT molecular complexity index is 2010. The van der Waals surface area contributed by atoms with E-state index >= 15 is 0 Å². The Balaban J connectivity index is 1.38. The standard InChI is InChI=1S/C45H56ClN5O7/c1-30-11-6-7-12-36(30)37-13-10-16-45(31(37)2,15-8-9-17-51-18-14-35(52)27-51)29-57-41-21-40(56-28-33-19-32(22-47)23-48-24-33)34(20-38(41)46)25-49-39(42(53)54)26-50-43(55)58-44(3,4)5/h6-7,10-13,16,19-21,23-24,31,35,39,49,52H,8-9,14-15,17-18,25-29H2,1-5H3,(H,50,55)(H,53,54)/t31?,35-,39+,45?/m1/s1. The molecule has 2 unspecified atom stereocenters. The van der Waals surface area contributed by atoms with Gasteiger partial charge in [0.1, 0.15) is 35.8 Å². The van der Waals surface area contributed by atoms with Crippen LogP contribution in [0, 0.1) is 29.6 Å². The SMILES string of the molecule is Cc1ccccc1C1=CC=CC(CCCCN2CC[C@@H](O)C2)(COc2cc(OCc3cncc(C#N)c3)c(CN[C@@H](CNC(=O)OC(C)(C)C)C(=O)O)cc2Cl)C1C. The van der Waals surface area contributed by atoms with Gasteiger partial charge in [0.15, 0.2) is 0 Å². The number of carboxylic acid groups (broad SMARTS) is 1. The van der Waals surface area contributed by atoms with E-state index in [2.05, 4.69) is 82.9 Å². The second-order valence-electron chi connectivity index (χ2n) is 16.3. The summed E-state index contributed by atoms with van der Waals surface area (Å²) in [5.41, 5.74) is 4.15. The zero-order valence-electron chi connectivity index (χ0n) is 34.1. The number of halogens is 1. The number of nitrogens with one attached hydrogen (secondary N) is 2. The van der Waals surface area contributed by atoms with Crippen molar-refractivity contribution in [3.8, 4) is 17.6 Å². The first-order chi connectivity index (χ1) is 27.7. The quantitative estimate of drug-likeness (QED) is 0.0943. The first-order valence-electron chi connectivity index (χ1n) is 19.9. The summed E-state index contributed by atoms with van der Waals surface area (Å²) in [5.74, 6) is -0.259. The van der Waals surface area contributed by atoms with Gasteiger partial charge in [-0.1, -0.05) is 67.4 Å². The summed E-state index contributed by atoms with van der Waals surface area (Å²) in [6.07, 6.45) is 12.3. The van der Waals surface area contributed by atoms with Gasteiger partial charge < -0.3 is 34.6 Å². The monoisotopic (exact) mass is 813 g/mol. The van der Waals surface area contributed by atoms with Gasteiger partial charge in [-0.25, -0.2) is 4.79 Å². The Kier molecular flexibility index (Phi) is 15.4. The number of aryl methyl sites for hydroxylation is 1. The molecule has 1 aliphatic carbocycles. The van der Waals surface area contributed by atoms with Gasteiger partial charge >= 0.3 is 12.1 Å². The molecular formula is C45H56ClN5O7. The fraction of sp³-hybridized carbons (Fsp3) is 0.467. The Morgan fingerprint density at radius 2 is 1.93 bits per heavy atom. The van der Waals surface area contributed by atoms with Gasteiger partial charge in [0.25, 0.3) is 0 Å². The number of nitrogens with zero attached hydrogens (tertiary/aromatic N) is 3. The maximum Gasteiger partial charge on any atom is 0.407 e. The lowest BCUT2D eigenvalue weighted by Gasteiger charge is -2.40. The van der Waals surface area contributed by atoms with Crippen LogP contribution in [0.1, 0.15) is 81.2 Å². The maximum atomic E-state index is 12.3. The van der Waals surface area contributed by atoms with Crippen LogP contribution in [-0.4, -0.2) is 82.7 Å². The molecular weight excluding hydrogens is 758 g/mol. The van der Waals surface area contributed by atoms with Gasteiger partial charge in [0.05, 0.1) is 23.3 Å². The Labute approximate surface area is 346 Å². The average Bonchev–Trinajstić information content (AvgIpc) is 3.60. The van der Waals surface area contributed by atoms with Gasteiger partial charge in [-0.3, -0.25) is 15.1 Å². The van der Waals surface area contributed by atoms with E-state index in [0.29, 0.717) is 39.8 Å². The minimum Gasteiger partial charge on any atom is -0.491 e. The lowest BCUT2D eigenvalue weighted by molar-refractivity contribution is -0.139. The number of aromatic nitrogens is 1. The summed E-state index contributed by atoms with van der Waals surface area (Å²) in [6, 6.07) is 14.5. The van der Waals surface area contributed by atoms with Crippen molar-refractivity contribution in [3.05, 3.63) is 106 Å². The predicted molar refractivity (Wildman–Crippen MR) is 224 cm³/mol. The van der Waals surface area contributed by atoms with E-state index in [1.165, 1.54) is 22.9 Å². The van der Waals surface area contributed by atoms with Gasteiger partial charge in [-0.2, -0.15) is 5.26 Å². The zero-order valence-corrected chi connectivity index (χ0v) is 34.8.